The van der Waals surface area contributed by atoms with Gasteiger partial charge < -0.3 is 10.2 Å². The maximum Gasteiger partial charge on any atom is 0.303 e. The number of aromatic hydroxyl groups is 1. The summed E-state index contributed by atoms with van der Waals surface area (Å²) in [5.74, 6) is 0.149. The number of phenols is 1. The highest BCUT2D eigenvalue weighted by Crippen LogP contribution is 2.33. The highest BCUT2D eigenvalue weighted by atomic mass is 16.4. The SMILES string of the molecule is CCCCCCCCCCC(CCCCCCC(=O)O)c1ccccc1O. The molecule has 1 aromatic carbocycles. The van der Waals surface area contributed by atoms with Gasteiger partial charge in [0.2, 0.25) is 0 Å². The molecule has 0 aromatic heterocycles. The zero-order chi connectivity index (χ0) is 19.7. The van der Waals surface area contributed by atoms with Crippen molar-refractivity contribution in [1.29, 1.82) is 0 Å². The minimum Gasteiger partial charge on any atom is -0.508 e. The Bertz CT molecular complexity index is 498. The number of unbranched alkanes of at least 4 members (excludes halogenated alkanes) is 10. The van der Waals surface area contributed by atoms with E-state index in [0.29, 0.717) is 11.7 Å². The van der Waals surface area contributed by atoms with E-state index in [9.17, 15) is 9.90 Å². The number of rotatable bonds is 17. The summed E-state index contributed by atoms with van der Waals surface area (Å²) in [6.45, 7) is 2.26. The second kappa shape index (κ2) is 15.5. The van der Waals surface area contributed by atoms with Gasteiger partial charge in [-0.1, -0.05) is 95.8 Å². The van der Waals surface area contributed by atoms with Crippen LogP contribution in [0.1, 0.15) is 115 Å². The smallest absolute Gasteiger partial charge is 0.303 e. The lowest BCUT2D eigenvalue weighted by atomic mass is 9.87. The molecule has 1 aromatic rings. The van der Waals surface area contributed by atoms with Crippen LogP contribution in [0.15, 0.2) is 24.3 Å². The summed E-state index contributed by atoms with van der Waals surface area (Å²) in [7, 11) is 0. The van der Waals surface area contributed by atoms with Crippen molar-refractivity contribution in [3.63, 3.8) is 0 Å². The molecule has 154 valence electrons. The summed E-state index contributed by atoms with van der Waals surface area (Å²) in [6, 6.07) is 7.76. The minimum absolute atomic E-state index is 0.279. The van der Waals surface area contributed by atoms with Crippen molar-refractivity contribution in [2.24, 2.45) is 0 Å². The maximum atomic E-state index is 10.6. The summed E-state index contributed by atoms with van der Waals surface area (Å²) in [6.07, 6.45) is 17.0. The summed E-state index contributed by atoms with van der Waals surface area (Å²) in [4.78, 5) is 10.6. The number of phenolic OH excluding ortho intramolecular Hbond substituents is 1. The van der Waals surface area contributed by atoms with E-state index in [0.717, 1.165) is 44.1 Å². The molecule has 1 unspecified atom stereocenters. The Morgan fingerprint density at radius 2 is 1.33 bits per heavy atom. The Hall–Kier alpha value is -1.51. The Labute approximate surface area is 166 Å². The van der Waals surface area contributed by atoms with Crippen LogP contribution in [-0.4, -0.2) is 16.2 Å². The number of hydrogen-bond acceptors (Lipinski definition) is 2. The summed E-state index contributed by atoms with van der Waals surface area (Å²) < 4.78 is 0. The molecule has 3 nitrogen and oxygen atoms in total. The second-order valence-corrected chi connectivity index (χ2v) is 7.87. The van der Waals surface area contributed by atoms with E-state index in [1.807, 2.05) is 12.1 Å². The number of carboxylic acid groups (broad SMARTS) is 1. The lowest BCUT2D eigenvalue weighted by Gasteiger charge is -2.18. The van der Waals surface area contributed by atoms with Gasteiger partial charge in [-0.3, -0.25) is 4.79 Å². The fourth-order valence-electron chi connectivity index (χ4n) is 3.83. The molecular formula is C24H40O3. The summed E-state index contributed by atoms with van der Waals surface area (Å²) in [5.41, 5.74) is 1.09. The van der Waals surface area contributed by atoms with Crippen LogP contribution >= 0.6 is 0 Å². The Kier molecular flexibility index (Phi) is 13.5. The summed E-state index contributed by atoms with van der Waals surface area (Å²) >= 11 is 0. The normalized spacial score (nSPS) is 12.2. The standard InChI is InChI=1S/C24H40O3/c1-2-3-4-5-6-7-8-11-16-21(22-18-14-15-19-23(22)25)17-12-9-10-13-20-24(26)27/h14-15,18-19,21,25H,2-13,16-17,20H2,1H3,(H,26,27). The maximum absolute atomic E-state index is 10.6. The van der Waals surface area contributed by atoms with Crippen molar-refractivity contribution in [1.82, 2.24) is 0 Å². The molecule has 0 aliphatic rings. The van der Waals surface area contributed by atoms with Crippen LogP contribution in [0.25, 0.3) is 0 Å². The molecule has 0 bridgehead atoms. The van der Waals surface area contributed by atoms with Gasteiger partial charge in [0.1, 0.15) is 5.75 Å². The molecule has 1 atom stereocenters. The predicted octanol–water partition coefficient (Wildman–Crippen LogP) is 7.43. The van der Waals surface area contributed by atoms with Gasteiger partial charge in [0.15, 0.2) is 0 Å². The number of benzene rings is 1. The Morgan fingerprint density at radius 1 is 0.815 bits per heavy atom. The van der Waals surface area contributed by atoms with Crippen LogP contribution in [0.4, 0.5) is 0 Å². The number of hydrogen-bond donors (Lipinski definition) is 2. The molecule has 0 radical (unpaired) electrons. The molecular weight excluding hydrogens is 336 g/mol. The van der Waals surface area contributed by atoms with Gasteiger partial charge in [0.05, 0.1) is 0 Å². The number of carboxylic acids is 1. The number of carbonyl (C=O) groups is 1. The van der Waals surface area contributed by atoms with Crippen molar-refractivity contribution in [2.45, 2.75) is 109 Å². The van der Waals surface area contributed by atoms with Gasteiger partial charge >= 0.3 is 5.97 Å². The summed E-state index contributed by atoms with van der Waals surface area (Å²) in [5, 5.41) is 19.0. The molecule has 0 fully saturated rings. The molecule has 0 heterocycles. The lowest BCUT2D eigenvalue weighted by molar-refractivity contribution is -0.137. The third kappa shape index (κ3) is 11.7. The van der Waals surface area contributed by atoms with Gasteiger partial charge in [0.25, 0.3) is 0 Å². The van der Waals surface area contributed by atoms with E-state index in [1.165, 1.54) is 51.4 Å². The van der Waals surface area contributed by atoms with Crippen LogP contribution in [-0.2, 0) is 4.79 Å². The van der Waals surface area contributed by atoms with E-state index in [2.05, 4.69) is 13.0 Å². The van der Waals surface area contributed by atoms with Crippen molar-refractivity contribution >= 4 is 5.97 Å². The third-order valence-corrected chi connectivity index (χ3v) is 5.48. The third-order valence-electron chi connectivity index (χ3n) is 5.48. The van der Waals surface area contributed by atoms with Gasteiger partial charge in [-0.2, -0.15) is 0 Å². The number of para-hydroxylation sites is 1. The largest absolute Gasteiger partial charge is 0.508 e. The zero-order valence-electron chi connectivity index (χ0n) is 17.3. The molecule has 0 saturated heterocycles. The monoisotopic (exact) mass is 376 g/mol. The van der Waals surface area contributed by atoms with Crippen LogP contribution in [0.3, 0.4) is 0 Å². The van der Waals surface area contributed by atoms with Gasteiger partial charge in [-0.15, -0.1) is 0 Å². The molecule has 0 spiro atoms. The molecule has 0 saturated carbocycles. The minimum atomic E-state index is -0.697. The molecule has 3 heteroatoms. The van der Waals surface area contributed by atoms with Crippen molar-refractivity contribution < 1.29 is 15.0 Å². The fourth-order valence-corrected chi connectivity index (χ4v) is 3.83. The average molecular weight is 377 g/mol. The molecule has 2 N–H and O–H groups in total. The molecule has 0 amide bonds. The van der Waals surface area contributed by atoms with Crippen LogP contribution in [0.5, 0.6) is 5.75 Å². The van der Waals surface area contributed by atoms with Crippen LogP contribution < -0.4 is 0 Å². The van der Waals surface area contributed by atoms with Gasteiger partial charge in [0, 0.05) is 6.42 Å². The average Bonchev–Trinajstić information content (AvgIpc) is 2.65. The van der Waals surface area contributed by atoms with E-state index >= 15 is 0 Å². The molecule has 0 aliphatic heterocycles. The molecule has 0 aliphatic carbocycles. The lowest BCUT2D eigenvalue weighted by Crippen LogP contribution is -2.01. The topological polar surface area (TPSA) is 57.5 Å². The van der Waals surface area contributed by atoms with E-state index in [1.54, 1.807) is 6.07 Å². The highest BCUT2D eigenvalue weighted by Gasteiger charge is 2.14. The van der Waals surface area contributed by atoms with Crippen molar-refractivity contribution in [3.05, 3.63) is 29.8 Å². The second-order valence-electron chi connectivity index (χ2n) is 7.87. The van der Waals surface area contributed by atoms with Crippen LogP contribution in [0, 0.1) is 0 Å². The Balaban J connectivity index is 2.32. The van der Waals surface area contributed by atoms with Crippen LogP contribution in [0.2, 0.25) is 0 Å². The zero-order valence-corrected chi connectivity index (χ0v) is 17.3. The van der Waals surface area contributed by atoms with E-state index in [-0.39, 0.29) is 6.42 Å². The van der Waals surface area contributed by atoms with Gasteiger partial charge in [-0.05, 0) is 36.8 Å². The first kappa shape index (κ1) is 23.5. The number of aliphatic carboxylic acids is 1. The van der Waals surface area contributed by atoms with E-state index in [4.69, 9.17) is 5.11 Å². The van der Waals surface area contributed by atoms with E-state index < -0.39 is 5.97 Å². The first-order valence-corrected chi connectivity index (χ1v) is 11.1. The Morgan fingerprint density at radius 3 is 1.89 bits per heavy atom. The fraction of sp³-hybridized carbons (Fsp3) is 0.708. The van der Waals surface area contributed by atoms with Gasteiger partial charge in [-0.25, -0.2) is 0 Å². The predicted molar refractivity (Wildman–Crippen MR) is 113 cm³/mol. The quantitative estimate of drug-likeness (QED) is 0.278. The molecule has 27 heavy (non-hydrogen) atoms. The first-order valence-electron chi connectivity index (χ1n) is 11.1. The molecule has 1 rings (SSSR count). The van der Waals surface area contributed by atoms with Crippen molar-refractivity contribution in [3.8, 4) is 5.75 Å². The van der Waals surface area contributed by atoms with Crippen molar-refractivity contribution in [2.75, 3.05) is 0 Å². The highest BCUT2D eigenvalue weighted by molar-refractivity contribution is 5.66. The first-order chi connectivity index (χ1) is 13.1.